The van der Waals surface area contributed by atoms with E-state index in [1.54, 1.807) is 0 Å². The van der Waals surface area contributed by atoms with Gasteiger partial charge in [0.2, 0.25) is 0 Å². The Labute approximate surface area is 120 Å². The first-order chi connectivity index (χ1) is 9.74. The molecule has 0 spiro atoms. The lowest BCUT2D eigenvalue weighted by Gasteiger charge is -1.89. The minimum Gasteiger partial charge on any atom is -0.477 e. The number of hydrogen-bond donors (Lipinski definition) is 1. The van der Waals surface area contributed by atoms with Crippen LogP contribution in [0.1, 0.15) is 38.2 Å². The molecule has 0 amide bonds. The van der Waals surface area contributed by atoms with Crippen LogP contribution in [-0.4, -0.2) is 11.1 Å². The van der Waals surface area contributed by atoms with Crippen LogP contribution in [0.5, 0.6) is 0 Å². The first-order valence-electron chi connectivity index (χ1n) is 6.73. The van der Waals surface area contributed by atoms with Gasteiger partial charge in [0.25, 0.3) is 0 Å². The normalized spacial score (nSPS) is 9.95. The zero-order valence-electron chi connectivity index (χ0n) is 11.6. The van der Waals surface area contributed by atoms with Gasteiger partial charge in [-0.2, -0.15) is 0 Å². The molecule has 0 aliphatic rings. The van der Waals surface area contributed by atoms with E-state index in [1.165, 1.54) is 6.08 Å². The van der Waals surface area contributed by atoms with E-state index >= 15 is 0 Å². The summed E-state index contributed by atoms with van der Waals surface area (Å²) in [5.41, 5.74) is 0.812. The van der Waals surface area contributed by atoms with Crippen LogP contribution < -0.4 is 0 Å². The second-order valence-corrected chi connectivity index (χ2v) is 4.26. The number of hydrogen-bond acceptors (Lipinski definition) is 1. The highest BCUT2D eigenvalue weighted by atomic mass is 16.4. The molecule has 1 rings (SSSR count). The summed E-state index contributed by atoms with van der Waals surface area (Å²) in [5, 5.41) is 9.05. The van der Waals surface area contributed by atoms with Crippen molar-refractivity contribution in [2.24, 2.45) is 0 Å². The number of carboxylic acid groups (broad SMARTS) is 1. The highest BCUT2D eigenvalue weighted by Gasteiger charge is 2.01. The van der Waals surface area contributed by atoms with E-state index in [4.69, 9.17) is 5.11 Å². The largest absolute Gasteiger partial charge is 0.477 e. The second-order valence-electron chi connectivity index (χ2n) is 4.26. The minimum atomic E-state index is -1.05. The van der Waals surface area contributed by atoms with Gasteiger partial charge in [0.15, 0.2) is 0 Å². The van der Waals surface area contributed by atoms with Gasteiger partial charge in [-0.05, 0) is 18.6 Å². The van der Waals surface area contributed by atoms with Crippen LogP contribution in [0.25, 0.3) is 0 Å². The number of allylic oxidation sites excluding steroid dienone is 1. The van der Waals surface area contributed by atoms with E-state index in [0.29, 0.717) is 0 Å². The Bertz CT molecular complexity index is 575. The molecule has 20 heavy (non-hydrogen) atoms. The van der Waals surface area contributed by atoms with Crippen molar-refractivity contribution in [2.75, 3.05) is 0 Å². The molecule has 0 aliphatic carbocycles. The Morgan fingerprint density at radius 3 is 2.65 bits per heavy atom. The van der Waals surface area contributed by atoms with Crippen molar-refractivity contribution in [3.05, 3.63) is 47.5 Å². The number of unbranched alkanes of at least 4 members (excludes halogenated alkanes) is 3. The van der Waals surface area contributed by atoms with Crippen LogP contribution in [0.15, 0.2) is 42.0 Å². The van der Waals surface area contributed by atoms with Gasteiger partial charge in [-0.15, -0.1) is 0 Å². The topological polar surface area (TPSA) is 37.3 Å². The highest BCUT2D eigenvalue weighted by molar-refractivity contribution is 5.92. The number of aliphatic carboxylic acids is 1. The molecule has 1 N–H and O–H groups in total. The lowest BCUT2D eigenvalue weighted by molar-refractivity contribution is -0.132. The van der Waals surface area contributed by atoms with Crippen LogP contribution in [-0.2, 0) is 4.79 Å². The summed E-state index contributed by atoms with van der Waals surface area (Å²) in [6.07, 6.45) is 5.53. The molecule has 0 aliphatic heterocycles. The fraction of sp³-hybridized carbons (Fsp3) is 0.278. The Balaban J connectivity index is 2.70. The van der Waals surface area contributed by atoms with E-state index in [9.17, 15) is 4.79 Å². The van der Waals surface area contributed by atoms with Gasteiger partial charge in [0, 0.05) is 18.1 Å². The Hall–Kier alpha value is -2.45. The quantitative estimate of drug-likeness (QED) is 0.513. The van der Waals surface area contributed by atoms with Gasteiger partial charge in [-0.25, -0.2) is 4.79 Å². The summed E-state index contributed by atoms with van der Waals surface area (Å²) in [6.45, 7) is 2.13. The maximum atomic E-state index is 11.0. The van der Waals surface area contributed by atoms with E-state index in [-0.39, 0.29) is 5.57 Å². The Kier molecular flexibility index (Phi) is 7.39. The molecular weight excluding hydrogens is 248 g/mol. The predicted octanol–water partition coefficient (Wildman–Crippen LogP) is 3.63. The third kappa shape index (κ3) is 6.47. The smallest absolute Gasteiger partial charge is 0.344 e. The van der Waals surface area contributed by atoms with Crippen molar-refractivity contribution in [2.45, 2.75) is 32.6 Å². The Morgan fingerprint density at radius 1 is 1.25 bits per heavy atom. The molecule has 0 heterocycles. The summed E-state index contributed by atoms with van der Waals surface area (Å²) in [7, 11) is 0. The molecule has 0 saturated heterocycles. The van der Waals surface area contributed by atoms with Crippen molar-refractivity contribution in [1.29, 1.82) is 0 Å². The number of rotatable bonds is 4. The molecule has 0 bridgehead atoms. The molecule has 0 radical (unpaired) electrons. The highest BCUT2D eigenvalue weighted by Crippen LogP contribution is 1.99. The summed E-state index contributed by atoms with van der Waals surface area (Å²) in [4.78, 5) is 11.0. The fourth-order valence-electron chi connectivity index (χ4n) is 1.47. The van der Waals surface area contributed by atoms with E-state index in [0.717, 1.165) is 31.2 Å². The van der Waals surface area contributed by atoms with E-state index in [1.807, 2.05) is 30.3 Å². The van der Waals surface area contributed by atoms with Crippen LogP contribution in [0.3, 0.4) is 0 Å². The number of carbonyl (C=O) groups is 1. The molecular formula is C18H18O2. The molecule has 0 fully saturated rings. The molecule has 0 unspecified atom stereocenters. The first kappa shape index (κ1) is 15.6. The molecule has 0 saturated carbocycles. The lowest BCUT2D eigenvalue weighted by Crippen LogP contribution is -1.97. The van der Waals surface area contributed by atoms with Crippen LogP contribution >= 0.6 is 0 Å². The van der Waals surface area contributed by atoms with Gasteiger partial charge in [0.05, 0.1) is 0 Å². The molecule has 2 heteroatoms. The van der Waals surface area contributed by atoms with Crippen molar-refractivity contribution in [1.82, 2.24) is 0 Å². The van der Waals surface area contributed by atoms with Crippen LogP contribution in [0.4, 0.5) is 0 Å². The van der Waals surface area contributed by atoms with Crippen molar-refractivity contribution < 1.29 is 9.90 Å². The third-order valence-corrected chi connectivity index (χ3v) is 2.57. The molecule has 0 atom stereocenters. The van der Waals surface area contributed by atoms with Crippen LogP contribution in [0, 0.1) is 23.7 Å². The van der Waals surface area contributed by atoms with Crippen molar-refractivity contribution >= 4 is 5.97 Å². The van der Waals surface area contributed by atoms with Crippen molar-refractivity contribution in [3.63, 3.8) is 0 Å². The first-order valence-corrected chi connectivity index (χ1v) is 6.73. The lowest BCUT2D eigenvalue weighted by atomic mass is 10.2. The molecule has 0 aromatic heterocycles. The zero-order chi connectivity index (χ0) is 14.6. The third-order valence-electron chi connectivity index (χ3n) is 2.57. The van der Waals surface area contributed by atoms with Gasteiger partial charge < -0.3 is 5.11 Å². The standard InChI is InChI=1S/C18H18O2/c1-2-3-4-5-6-10-13-17(18(19)20)15-14-16-11-8-7-9-12-16/h7-9,11-13H,2-5H2,1H3,(H,19,20)/b17-13+. The van der Waals surface area contributed by atoms with Gasteiger partial charge in [-0.3, -0.25) is 0 Å². The van der Waals surface area contributed by atoms with Gasteiger partial charge >= 0.3 is 5.97 Å². The maximum absolute atomic E-state index is 11.0. The SMILES string of the molecule is CCCCCC#C/C=C(\C#Cc1ccccc1)C(=O)O. The molecule has 1 aromatic rings. The summed E-state index contributed by atoms with van der Waals surface area (Å²) in [6, 6.07) is 9.29. The van der Waals surface area contributed by atoms with E-state index in [2.05, 4.69) is 30.6 Å². The average molecular weight is 266 g/mol. The molecule has 102 valence electrons. The summed E-state index contributed by atoms with van der Waals surface area (Å²) < 4.78 is 0. The van der Waals surface area contributed by atoms with Gasteiger partial charge in [-0.1, -0.05) is 61.6 Å². The molecule has 1 aromatic carbocycles. The monoisotopic (exact) mass is 266 g/mol. The summed E-state index contributed by atoms with van der Waals surface area (Å²) in [5.74, 6) is 10.1. The zero-order valence-corrected chi connectivity index (χ0v) is 11.6. The maximum Gasteiger partial charge on any atom is 0.344 e. The number of carboxylic acids is 1. The predicted molar refractivity (Wildman–Crippen MR) is 81.0 cm³/mol. The van der Waals surface area contributed by atoms with E-state index < -0.39 is 5.97 Å². The average Bonchev–Trinajstić information content (AvgIpc) is 2.46. The second kappa shape index (κ2) is 9.48. The number of benzene rings is 1. The fourth-order valence-corrected chi connectivity index (χ4v) is 1.47. The molecule has 2 nitrogen and oxygen atoms in total. The van der Waals surface area contributed by atoms with Crippen LogP contribution in [0.2, 0.25) is 0 Å². The summed E-state index contributed by atoms with van der Waals surface area (Å²) >= 11 is 0. The Morgan fingerprint density at radius 2 is 2.00 bits per heavy atom. The van der Waals surface area contributed by atoms with Gasteiger partial charge in [0.1, 0.15) is 5.57 Å². The minimum absolute atomic E-state index is 0.0249. The van der Waals surface area contributed by atoms with Crippen molar-refractivity contribution in [3.8, 4) is 23.7 Å².